The number of rotatable bonds is 4. The molecule has 0 unspecified atom stereocenters. The molecule has 21 heavy (non-hydrogen) atoms. The van der Waals surface area contributed by atoms with Crippen LogP contribution in [0.25, 0.3) is 0 Å². The maximum Gasteiger partial charge on any atom is 0.170 e. The van der Waals surface area contributed by atoms with Crippen molar-refractivity contribution >= 4 is 5.84 Å². The summed E-state index contributed by atoms with van der Waals surface area (Å²) in [4.78, 5) is 0. The van der Waals surface area contributed by atoms with E-state index in [1.54, 1.807) is 6.07 Å². The van der Waals surface area contributed by atoms with Gasteiger partial charge in [-0.3, -0.25) is 0 Å². The van der Waals surface area contributed by atoms with E-state index in [9.17, 15) is 4.39 Å². The smallest absolute Gasteiger partial charge is 0.170 e. The first-order chi connectivity index (χ1) is 10.0. The molecule has 2 aromatic carbocycles. The zero-order valence-electron chi connectivity index (χ0n) is 11.9. The number of amidine groups is 1. The predicted molar refractivity (Wildman–Crippen MR) is 79.5 cm³/mol. The lowest BCUT2D eigenvalue weighted by molar-refractivity contribution is 0.318. The molecule has 3 N–H and O–H groups in total. The maximum absolute atomic E-state index is 14.0. The van der Waals surface area contributed by atoms with E-state index in [-0.39, 0.29) is 17.5 Å². The summed E-state index contributed by atoms with van der Waals surface area (Å²) in [7, 11) is 0. The monoisotopic (exact) mass is 288 g/mol. The van der Waals surface area contributed by atoms with Crippen LogP contribution in [0.2, 0.25) is 0 Å². The van der Waals surface area contributed by atoms with Gasteiger partial charge in [0.1, 0.15) is 5.75 Å². The number of hydrogen-bond donors (Lipinski definition) is 2. The quantitative estimate of drug-likeness (QED) is 0.389. The molecule has 0 aliphatic heterocycles. The van der Waals surface area contributed by atoms with Gasteiger partial charge < -0.3 is 15.7 Å². The number of nitrogens with zero attached hydrogens (tertiary/aromatic N) is 1. The maximum atomic E-state index is 14.0. The van der Waals surface area contributed by atoms with Gasteiger partial charge in [0.05, 0.1) is 0 Å². The Bertz CT molecular complexity index is 669. The minimum Gasteiger partial charge on any atom is -0.454 e. The van der Waals surface area contributed by atoms with E-state index < -0.39 is 5.82 Å². The van der Waals surface area contributed by atoms with Gasteiger partial charge in [0, 0.05) is 5.56 Å². The van der Waals surface area contributed by atoms with Crippen molar-refractivity contribution < 1.29 is 14.3 Å². The third-order valence-electron chi connectivity index (χ3n) is 3.10. The molecule has 0 saturated carbocycles. The van der Waals surface area contributed by atoms with Crippen LogP contribution in [0.3, 0.4) is 0 Å². The minimum absolute atomic E-state index is 0.0950. The summed E-state index contributed by atoms with van der Waals surface area (Å²) in [6.07, 6.45) is 0. The second-order valence-electron chi connectivity index (χ2n) is 4.93. The molecule has 0 aliphatic carbocycles. The summed E-state index contributed by atoms with van der Waals surface area (Å²) in [5, 5.41) is 11.4. The molecule has 4 nitrogen and oxygen atoms in total. The molecule has 0 radical (unpaired) electrons. The molecule has 0 amide bonds. The van der Waals surface area contributed by atoms with E-state index in [2.05, 4.69) is 5.16 Å². The van der Waals surface area contributed by atoms with Gasteiger partial charge in [0.25, 0.3) is 0 Å². The van der Waals surface area contributed by atoms with Gasteiger partial charge in [-0.2, -0.15) is 0 Å². The molecule has 5 heteroatoms. The van der Waals surface area contributed by atoms with Crippen LogP contribution >= 0.6 is 0 Å². The van der Waals surface area contributed by atoms with Crippen molar-refractivity contribution in [1.82, 2.24) is 0 Å². The van der Waals surface area contributed by atoms with Gasteiger partial charge in [-0.15, -0.1) is 0 Å². The Balaban J connectivity index is 2.33. The molecular weight excluding hydrogens is 271 g/mol. The van der Waals surface area contributed by atoms with Crippen molar-refractivity contribution in [1.29, 1.82) is 0 Å². The number of nitrogens with two attached hydrogens (primary N) is 1. The van der Waals surface area contributed by atoms with Crippen molar-refractivity contribution in [3.63, 3.8) is 0 Å². The Morgan fingerprint density at radius 3 is 2.52 bits per heavy atom. The van der Waals surface area contributed by atoms with Crippen LogP contribution in [0, 0.1) is 5.82 Å². The van der Waals surface area contributed by atoms with Crippen LogP contribution in [-0.2, 0) is 0 Å². The number of hydrogen-bond acceptors (Lipinski definition) is 3. The lowest BCUT2D eigenvalue weighted by atomic mass is 10.0. The van der Waals surface area contributed by atoms with Crippen LogP contribution in [-0.4, -0.2) is 11.0 Å². The van der Waals surface area contributed by atoms with Crippen molar-refractivity contribution in [3.05, 3.63) is 59.4 Å². The third-order valence-corrected chi connectivity index (χ3v) is 3.10. The van der Waals surface area contributed by atoms with E-state index >= 15 is 0 Å². The lowest BCUT2D eigenvalue weighted by Gasteiger charge is -2.14. The summed E-state index contributed by atoms with van der Waals surface area (Å²) in [6, 6.07) is 11.7. The van der Waals surface area contributed by atoms with E-state index in [1.165, 1.54) is 18.2 Å². The summed E-state index contributed by atoms with van der Waals surface area (Å²) in [5.74, 6) is 0.252. The molecule has 2 rings (SSSR count). The largest absolute Gasteiger partial charge is 0.454 e. The molecular formula is C16H17FN2O2. The van der Waals surface area contributed by atoms with Gasteiger partial charge in [-0.1, -0.05) is 37.2 Å². The molecule has 0 atom stereocenters. The van der Waals surface area contributed by atoms with Gasteiger partial charge in [0.15, 0.2) is 17.4 Å². The first-order valence-electron chi connectivity index (χ1n) is 6.57. The van der Waals surface area contributed by atoms with Crippen LogP contribution in [0.4, 0.5) is 4.39 Å². The summed E-state index contributed by atoms with van der Waals surface area (Å²) in [6.45, 7) is 4.08. The van der Waals surface area contributed by atoms with Gasteiger partial charge in [0.2, 0.25) is 0 Å². The molecule has 0 aliphatic rings. The van der Waals surface area contributed by atoms with Gasteiger partial charge in [-0.05, 0) is 35.7 Å². The average molecular weight is 288 g/mol. The number of benzene rings is 2. The highest BCUT2D eigenvalue weighted by Gasteiger charge is 2.12. The standard InChI is InChI=1S/C16H17FN2O2/c1-10(2)12-5-3-4-6-14(12)21-15-8-7-11(9-13(15)17)16(18)19-20/h3-10,20H,1-2H3,(H2,18,19). The first kappa shape index (κ1) is 14.8. The normalized spacial score (nSPS) is 11.7. The number of oxime groups is 1. The van der Waals surface area contributed by atoms with Crippen LogP contribution in [0.1, 0.15) is 30.9 Å². The second-order valence-corrected chi connectivity index (χ2v) is 4.93. The Labute approximate surface area is 122 Å². The fourth-order valence-electron chi connectivity index (χ4n) is 1.97. The molecule has 0 spiro atoms. The minimum atomic E-state index is -0.572. The van der Waals surface area contributed by atoms with E-state index in [4.69, 9.17) is 15.7 Å². The summed E-state index contributed by atoms with van der Waals surface area (Å²) >= 11 is 0. The highest BCUT2D eigenvalue weighted by molar-refractivity contribution is 5.97. The van der Waals surface area contributed by atoms with E-state index in [1.807, 2.05) is 32.0 Å². The molecule has 0 fully saturated rings. The SMILES string of the molecule is CC(C)c1ccccc1Oc1ccc(/C(N)=N/O)cc1F. The Morgan fingerprint density at radius 1 is 1.19 bits per heavy atom. The van der Waals surface area contributed by atoms with Crippen LogP contribution < -0.4 is 10.5 Å². The highest BCUT2D eigenvalue weighted by Crippen LogP contribution is 2.31. The van der Waals surface area contributed by atoms with Crippen molar-refractivity contribution in [3.8, 4) is 11.5 Å². The van der Waals surface area contributed by atoms with Crippen LogP contribution in [0.15, 0.2) is 47.6 Å². The molecule has 0 heterocycles. The zero-order chi connectivity index (χ0) is 15.4. The fourth-order valence-corrected chi connectivity index (χ4v) is 1.97. The van der Waals surface area contributed by atoms with E-state index in [0.717, 1.165) is 5.56 Å². The topological polar surface area (TPSA) is 67.8 Å². The lowest BCUT2D eigenvalue weighted by Crippen LogP contribution is -2.13. The Kier molecular flexibility index (Phi) is 4.42. The number of halogens is 1. The third kappa shape index (κ3) is 3.31. The summed E-state index contributed by atoms with van der Waals surface area (Å²) in [5.41, 5.74) is 6.71. The van der Waals surface area contributed by atoms with Crippen molar-refractivity contribution in [2.45, 2.75) is 19.8 Å². The molecule has 2 aromatic rings. The van der Waals surface area contributed by atoms with Crippen molar-refractivity contribution in [2.24, 2.45) is 10.9 Å². The molecule has 0 saturated heterocycles. The second kappa shape index (κ2) is 6.26. The van der Waals surface area contributed by atoms with Gasteiger partial charge in [-0.25, -0.2) is 4.39 Å². The van der Waals surface area contributed by atoms with Crippen molar-refractivity contribution in [2.75, 3.05) is 0 Å². The summed E-state index contributed by atoms with van der Waals surface area (Å²) < 4.78 is 19.7. The highest BCUT2D eigenvalue weighted by atomic mass is 19.1. The Morgan fingerprint density at radius 2 is 1.90 bits per heavy atom. The number of ether oxygens (including phenoxy) is 1. The molecule has 110 valence electrons. The Hall–Kier alpha value is -2.56. The van der Waals surface area contributed by atoms with E-state index in [0.29, 0.717) is 11.3 Å². The predicted octanol–water partition coefficient (Wildman–Crippen LogP) is 3.84. The fraction of sp³-hybridized carbons (Fsp3) is 0.188. The van der Waals surface area contributed by atoms with Gasteiger partial charge >= 0.3 is 0 Å². The molecule has 0 bridgehead atoms. The first-order valence-corrected chi connectivity index (χ1v) is 6.57. The molecule has 0 aromatic heterocycles. The average Bonchev–Trinajstić information content (AvgIpc) is 2.48. The number of para-hydroxylation sites is 1. The van der Waals surface area contributed by atoms with Crippen LogP contribution in [0.5, 0.6) is 11.5 Å². The zero-order valence-corrected chi connectivity index (χ0v) is 11.9.